The second-order valence-corrected chi connectivity index (χ2v) is 6.19. The van der Waals surface area contributed by atoms with Crippen LogP contribution in [0.2, 0.25) is 0 Å². The van der Waals surface area contributed by atoms with Crippen LogP contribution < -0.4 is 5.73 Å². The number of ether oxygens (including phenoxy) is 1. The third kappa shape index (κ3) is 3.83. The summed E-state index contributed by atoms with van der Waals surface area (Å²) in [7, 11) is 0. The normalized spacial score (nSPS) is 26.0. The molecule has 4 heteroatoms. The van der Waals surface area contributed by atoms with Crippen LogP contribution >= 0.6 is 0 Å². The third-order valence-electron chi connectivity index (χ3n) is 4.84. The second kappa shape index (κ2) is 7.36. The van der Waals surface area contributed by atoms with Crippen molar-refractivity contribution in [3.63, 3.8) is 0 Å². The second-order valence-electron chi connectivity index (χ2n) is 6.19. The molecule has 0 amide bonds. The van der Waals surface area contributed by atoms with Gasteiger partial charge in [0, 0.05) is 44.7 Å². The van der Waals surface area contributed by atoms with Crippen molar-refractivity contribution in [2.75, 3.05) is 52.5 Å². The zero-order chi connectivity index (χ0) is 14.5. The Morgan fingerprint density at radius 3 is 2.62 bits per heavy atom. The maximum Gasteiger partial charge on any atom is 0.0594 e. The Labute approximate surface area is 127 Å². The molecule has 0 saturated carbocycles. The van der Waals surface area contributed by atoms with Gasteiger partial charge in [-0.3, -0.25) is 4.90 Å². The highest BCUT2D eigenvalue weighted by molar-refractivity contribution is 5.20. The number of likely N-dealkylation sites (tertiary alicyclic amines) is 1. The van der Waals surface area contributed by atoms with Gasteiger partial charge in [-0.25, -0.2) is 0 Å². The largest absolute Gasteiger partial charge is 0.379 e. The van der Waals surface area contributed by atoms with Crippen molar-refractivity contribution in [1.29, 1.82) is 0 Å². The number of hydrogen-bond acceptors (Lipinski definition) is 4. The van der Waals surface area contributed by atoms with Gasteiger partial charge < -0.3 is 15.4 Å². The van der Waals surface area contributed by atoms with E-state index < -0.39 is 0 Å². The molecule has 0 radical (unpaired) electrons. The van der Waals surface area contributed by atoms with Crippen molar-refractivity contribution in [2.45, 2.75) is 18.4 Å². The fourth-order valence-corrected chi connectivity index (χ4v) is 3.57. The van der Waals surface area contributed by atoms with E-state index in [1.165, 1.54) is 25.1 Å². The highest BCUT2D eigenvalue weighted by Gasteiger charge is 2.29. The van der Waals surface area contributed by atoms with E-state index in [1.54, 1.807) is 0 Å². The van der Waals surface area contributed by atoms with E-state index in [9.17, 15) is 0 Å². The summed E-state index contributed by atoms with van der Waals surface area (Å²) >= 11 is 0. The van der Waals surface area contributed by atoms with E-state index in [0.717, 1.165) is 39.4 Å². The summed E-state index contributed by atoms with van der Waals surface area (Å²) in [5.41, 5.74) is 7.38. The van der Waals surface area contributed by atoms with Gasteiger partial charge in [-0.15, -0.1) is 0 Å². The first-order chi connectivity index (χ1) is 10.4. The van der Waals surface area contributed by atoms with Crippen LogP contribution in [-0.2, 0) is 4.74 Å². The molecule has 2 saturated heterocycles. The summed E-state index contributed by atoms with van der Waals surface area (Å²) in [6, 6.07) is 11.4. The van der Waals surface area contributed by atoms with Gasteiger partial charge in [0.05, 0.1) is 13.2 Å². The number of nitrogens with two attached hydrogens (primary N) is 1. The molecule has 2 N–H and O–H groups in total. The third-order valence-corrected chi connectivity index (χ3v) is 4.84. The molecule has 0 aromatic heterocycles. The van der Waals surface area contributed by atoms with E-state index in [0.29, 0.717) is 12.0 Å². The van der Waals surface area contributed by atoms with Crippen LogP contribution in [0, 0.1) is 0 Å². The molecule has 4 nitrogen and oxygen atoms in total. The summed E-state index contributed by atoms with van der Waals surface area (Å²) in [6.07, 6.45) is 1.28. The minimum Gasteiger partial charge on any atom is -0.379 e. The fourth-order valence-electron chi connectivity index (χ4n) is 3.57. The molecule has 2 unspecified atom stereocenters. The minimum atomic E-state index is 0.453. The average Bonchev–Trinajstić information content (AvgIpc) is 3.03. The minimum absolute atomic E-state index is 0.453. The Kier molecular flexibility index (Phi) is 5.25. The van der Waals surface area contributed by atoms with Crippen molar-refractivity contribution in [1.82, 2.24) is 9.80 Å². The molecule has 1 aromatic carbocycles. The van der Waals surface area contributed by atoms with E-state index in [1.807, 2.05) is 0 Å². The molecule has 2 fully saturated rings. The van der Waals surface area contributed by atoms with Crippen LogP contribution in [0.5, 0.6) is 0 Å². The van der Waals surface area contributed by atoms with Crippen LogP contribution in [0.4, 0.5) is 0 Å². The van der Waals surface area contributed by atoms with Crippen molar-refractivity contribution in [3.8, 4) is 0 Å². The monoisotopic (exact) mass is 289 g/mol. The molecule has 0 bridgehead atoms. The molecule has 2 aliphatic heterocycles. The Morgan fingerprint density at radius 1 is 1.14 bits per heavy atom. The molecule has 1 aromatic rings. The van der Waals surface area contributed by atoms with E-state index in [2.05, 4.69) is 40.1 Å². The highest BCUT2D eigenvalue weighted by atomic mass is 16.5. The molecule has 2 aliphatic rings. The van der Waals surface area contributed by atoms with Crippen LogP contribution in [0.1, 0.15) is 17.9 Å². The lowest BCUT2D eigenvalue weighted by atomic mass is 9.99. The number of nitrogens with zero attached hydrogens (tertiary/aromatic N) is 2. The summed E-state index contributed by atoms with van der Waals surface area (Å²) in [4.78, 5) is 5.19. The van der Waals surface area contributed by atoms with Gasteiger partial charge in [-0.2, -0.15) is 0 Å². The van der Waals surface area contributed by atoms with Crippen molar-refractivity contribution < 1.29 is 4.74 Å². The fraction of sp³-hybridized carbons (Fsp3) is 0.647. The summed E-state index contributed by atoms with van der Waals surface area (Å²) in [6.45, 7) is 8.17. The van der Waals surface area contributed by atoms with Gasteiger partial charge in [0.15, 0.2) is 0 Å². The highest BCUT2D eigenvalue weighted by Crippen LogP contribution is 2.21. The number of rotatable bonds is 5. The van der Waals surface area contributed by atoms with Gasteiger partial charge in [0.1, 0.15) is 0 Å². The van der Waals surface area contributed by atoms with Crippen LogP contribution in [0.25, 0.3) is 0 Å². The first-order valence-corrected chi connectivity index (χ1v) is 8.16. The first-order valence-electron chi connectivity index (χ1n) is 8.16. The average molecular weight is 289 g/mol. The number of morpholine rings is 1. The molecule has 21 heavy (non-hydrogen) atoms. The van der Waals surface area contributed by atoms with E-state index >= 15 is 0 Å². The predicted octanol–water partition coefficient (Wildman–Crippen LogP) is 1.14. The van der Waals surface area contributed by atoms with Gasteiger partial charge in [-0.05, 0) is 18.5 Å². The Bertz CT molecular complexity index is 419. The van der Waals surface area contributed by atoms with Crippen LogP contribution in [0.3, 0.4) is 0 Å². The van der Waals surface area contributed by atoms with E-state index in [4.69, 9.17) is 10.5 Å². The van der Waals surface area contributed by atoms with Gasteiger partial charge >= 0.3 is 0 Å². The molecule has 3 rings (SSSR count). The maximum atomic E-state index is 6.01. The zero-order valence-electron chi connectivity index (χ0n) is 12.8. The lowest BCUT2D eigenvalue weighted by molar-refractivity contribution is 0.0184. The molecule has 0 aliphatic carbocycles. The summed E-state index contributed by atoms with van der Waals surface area (Å²) < 4.78 is 5.45. The lowest BCUT2D eigenvalue weighted by Gasteiger charge is -2.32. The first kappa shape index (κ1) is 15.0. The van der Waals surface area contributed by atoms with Gasteiger partial charge in [0.2, 0.25) is 0 Å². The van der Waals surface area contributed by atoms with Gasteiger partial charge in [-0.1, -0.05) is 30.3 Å². The SMILES string of the molecule is NCC(CN1CCC(N2CCOCC2)C1)c1ccccc1. The topological polar surface area (TPSA) is 41.7 Å². The zero-order valence-corrected chi connectivity index (χ0v) is 12.8. The van der Waals surface area contributed by atoms with Crippen LogP contribution in [0.15, 0.2) is 30.3 Å². The Balaban J connectivity index is 1.53. The van der Waals surface area contributed by atoms with Crippen molar-refractivity contribution in [3.05, 3.63) is 35.9 Å². The molecular formula is C17H27N3O. The standard InChI is InChI=1S/C17H27N3O/c18-12-16(15-4-2-1-3-5-15)13-19-7-6-17(14-19)20-8-10-21-11-9-20/h1-5,16-17H,6-14,18H2. The van der Waals surface area contributed by atoms with Crippen molar-refractivity contribution >= 4 is 0 Å². The van der Waals surface area contributed by atoms with Crippen molar-refractivity contribution in [2.24, 2.45) is 5.73 Å². The maximum absolute atomic E-state index is 6.01. The molecule has 2 atom stereocenters. The summed E-state index contributed by atoms with van der Waals surface area (Å²) in [5.74, 6) is 0.453. The number of hydrogen-bond donors (Lipinski definition) is 1. The Morgan fingerprint density at radius 2 is 1.90 bits per heavy atom. The smallest absolute Gasteiger partial charge is 0.0594 e. The molecule has 0 spiro atoms. The Hall–Kier alpha value is -0.940. The van der Waals surface area contributed by atoms with Gasteiger partial charge in [0.25, 0.3) is 0 Å². The van der Waals surface area contributed by atoms with Crippen LogP contribution in [-0.4, -0.2) is 68.3 Å². The number of benzene rings is 1. The lowest BCUT2D eigenvalue weighted by Crippen LogP contribution is -2.45. The summed E-state index contributed by atoms with van der Waals surface area (Å²) in [5, 5.41) is 0. The molecular weight excluding hydrogens is 262 g/mol. The van der Waals surface area contributed by atoms with E-state index in [-0.39, 0.29) is 0 Å². The predicted molar refractivity (Wildman–Crippen MR) is 85.5 cm³/mol. The quantitative estimate of drug-likeness (QED) is 0.882. The molecule has 116 valence electrons. The molecule has 2 heterocycles.